The van der Waals surface area contributed by atoms with Crippen molar-refractivity contribution in [3.05, 3.63) is 59.4 Å². The Labute approximate surface area is 142 Å². The van der Waals surface area contributed by atoms with Gasteiger partial charge in [-0.3, -0.25) is 4.99 Å². The number of allylic oxidation sites excluding steroid dienone is 1. The summed E-state index contributed by atoms with van der Waals surface area (Å²) in [4.78, 5) is 9.17. The van der Waals surface area contributed by atoms with Crippen LogP contribution in [0.3, 0.4) is 0 Å². The number of ether oxygens (including phenoxy) is 1. The Morgan fingerprint density at radius 3 is 2.58 bits per heavy atom. The predicted molar refractivity (Wildman–Crippen MR) is 99.6 cm³/mol. The largest absolute Gasteiger partial charge is 0.494 e. The molecule has 4 nitrogen and oxygen atoms in total. The van der Waals surface area contributed by atoms with Gasteiger partial charge in [0.1, 0.15) is 5.75 Å². The van der Waals surface area contributed by atoms with Crippen molar-refractivity contribution in [2.45, 2.75) is 20.8 Å². The van der Waals surface area contributed by atoms with Gasteiger partial charge in [-0.25, -0.2) is 0 Å². The third-order valence-electron chi connectivity index (χ3n) is 4.59. The zero-order chi connectivity index (χ0) is 16.7. The standard InChI is InChI=1S/C20H21N3O/c1-4-24-18-7-5-16(6-8-18)22-12-17-11-21-19-9-14(2)15(3)10-20(19)23(17)13-22/h5-12H,4,13H2,1-3H3. The molecule has 0 spiro atoms. The van der Waals surface area contributed by atoms with Gasteiger partial charge in [-0.1, -0.05) is 0 Å². The lowest BCUT2D eigenvalue weighted by atomic mass is 10.1. The number of hydrogen-bond donors (Lipinski definition) is 0. The SMILES string of the molecule is CCOc1ccc(N2C=C3C=Nc4cc(C)c(C)cc4N3C2)cc1. The lowest BCUT2D eigenvalue weighted by molar-refractivity contribution is 0.340. The van der Waals surface area contributed by atoms with Crippen LogP contribution in [0.5, 0.6) is 5.75 Å². The first kappa shape index (κ1) is 14.8. The average molecular weight is 319 g/mol. The molecule has 122 valence electrons. The molecule has 24 heavy (non-hydrogen) atoms. The highest BCUT2D eigenvalue weighted by Crippen LogP contribution is 2.39. The molecule has 2 aliphatic rings. The maximum Gasteiger partial charge on any atom is 0.119 e. The van der Waals surface area contributed by atoms with Crippen LogP contribution < -0.4 is 14.5 Å². The van der Waals surface area contributed by atoms with Gasteiger partial charge in [0.25, 0.3) is 0 Å². The van der Waals surface area contributed by atoms with Crippen LogP contribution in [0.25, 0.3) is 0 Å². The number of rotatable bonds is 3. The molecular weight excluding hydrogens is 298 g/mol. The summed E-state index contributed by atoms with van der Waals surface area (Å²) in [5.41, 5.74) is 7.08. The lowest BCUT2D eigenvalue weighted by Gasteiger charge is -2.27. The lowest BCUT2D eigenvalue weighted by Crippen LogP contribution is -2.28. The molecule has 0 saturated carbocycles. The second-order valence-electron chi connectivity index (χ2n) is 6.20. The topological polar surface area (TPSA) is 28.1 Å². The predicted octanol–water partition coefficient (Wildman–Crippen LogP) is 4.54. The van der Waals surface area contributed by atoms with Crippen molar-refractivity contribution in [3.8, 4) is 5.75 Å². The Bertz CT molecular complexity index is 837. The van der Waals surface area contributed by atoms with E-state index in [9.17, 15) is 0 Å². The van der Waals surface area contributed by atoms with Crippen LogP contribution in [-0.4, -0.2) is 19.5 Å². The van der Waals surface area contributed by atoms with Crippen molar-refractivity contribution < 1.29 is 4.74 Å². The van der Waals surface area contributed by atoms with E-state index in [2.05, 4.69) is 59.1 Å². The molecule has 0 amide bonds. The van der Waals surface area contributed by atoms with E-state index in [1.165, 1.54) is 16.8 Å². The molecule has 0 radical (unpaired) electrons. The van der Waals surface area contributed by atoms with Gasteiger partial charge in [0.2, 0.25) is 0 Å². The molecule has 0 atom stereocenters. The quantitative estimate of drug-likeness (QED) is 0.831. The maximum absolute atomic E-state index is 5.52. The molecule has 0 bridgehead atoms. The summed E-state index contributed by atoms with van der Waals surface area (Å²) in [7, 11) is 0. The van der Waals surface area contributed by atoms with Gasteiger partial charge in [-0.05, 0) is 68.3 Å². The molecule has 0 aromatic heterocycles. The zero-order valence-corrected chi connectivity index (χ0v) is 14.3. The van der Waals surface area contributed by atoms with Crippen LogP contribution in [0, 0.1) is 13.8 Å². The second-order valence-corrected chi connectivity index (χ2v) is 6.20. The molecule has 0 aliphatic carbocycles. The van der Waals surface area contributed by atoms with E-state index in [1.807, 2.05) is 25.3 Å². The fourth-order valence-corrected chi connectivity index (χ4v) is 3.12. The third-order valence-corrected chi connectivity index (χ3v) is 4.59. The Hall–Kier alpha value is -2.75. The van der Waals surface area contributed by atoms with Crippen molar-refractivity contribution in [1.29, 1.82) is 0 Å². The Balaban J connectivity index is 1.63. The summed E-state index contributed by atoms with van der Waals surface area (Å²) in [5, 5.41) is 0. The van der Waals surface area contributed by atoms with Crippen LogP contribution in [-0.2, 0) is 0 Å². The number of aryl methyl sites for hydroxylation is 2. The third kappa shape index (κ3) is 2.44. The van der Waals surface area contributed by atoms with E-state index in [1.54, 1.807) is 0 Å². The second kappa shape index (κ2) is 5.71. The highest BCUT2D eigenvalue weighted by Gasteiger charge is 2.27. The smallest absolute Gasteiger partial charge is 0.119 e. The first-order chi connectivity index (χ1) is 11.7. The monoisotopic (exact) mass is 319 g/mol. The van der Waals surface area contributed by atoms with Gasteiger partial charge in [-0.15, -0.1) is 0 Å². The fraction of sp³-hybridized carbons (Fsp3) is 0.250. The number of fused-ring (bicyclic) bond motifs is 3. The van der Waals surface area contributed by atoms with Crippen molar-refractivity contribution in [2.24, 2.45) is 4.99 Å². The Kier molecular flexibility index (Phi) is 3.53. The first-order valence-corrected chi connectivity index (χ1v) is 8.30. The van der Waals surface area contributed by atoms with Crippen LogP contribution in [0.1, 0.15) is 18.1 Å². The average Bonchev–Trinajstić information content (AvgIpc) is 3.02. The summed E-state index contributed by atoms with van der Waals surface area (Å²) in [6, 6.07) is 12.6. The molecule has 0 unspecified atom stereocenters. The normalized spacial score (nSPS) is 15.2. The van der Waals surface area contributed by atoms with Gasteiger partial charge in [0, 0.05) is 11.9 Å². The molecular formula is C20H21N3O. The number of nitrogens with zero attached hydrogens (tertiary/aromatic N) is 3. The number of aliphatic imine (C=N–C) groups is 1. The van der Waals surface area contributed by atoms with Gasteiger partial charge in [-0.2, -0.15) is 0 Å². The van der Waals surface area contributed by atoms with Gasteiger partial charge < -0.3 is 14.5 Å². The molecule has 0 fully saturated rings. The van der Waals surface area contributed by atoms with Crippen molar-refractivity contribution in [3.63, 3.8) is 0 Å². The van der Waals surface area contributed by atoms with Crippen molar-refractivity contribution in [1.82, 2.24) is 0 Å². The van der Waals surface area contributed by atoms with E-state index in [-0.39, 0.29) is 0 Å². The molecule has 0 saturated heterocycles. The summed E-state index contributed by atoms with van der Waals surface area (Å²) >= 11 is 0. The van der Waals surface area contributed by atoms with Crippen LogP contribution in [0.15, 0.2) is 53.3 Å². The van der Waals surface area contributed by atoms with Gasteiger partial charge in [0.15, 0.2) is 0 Å². The minimum atomic E-state index is 0.687. The van der Waals surface area contributed by atoms with Crippen molar-refractivity contribution in [2.75, 3.05) is 23.1 Å². The number of benzene rings is 2. The van der Waals surface area contributed by atoms with Crippen LogP contribution in [0.4, 0.5) is 17.1 Å². The highest BCUT2D eigenvalue weighted by atomic mass is 16.5. The van der Waals surface area contributed by atoms with E-state index in [0.717, 1.165) is 29.5 Å². The van der Waals surface area contributed by atoms with Gasteiger partial charge >= 0.3 is 0 Å². The maximum atomic E-state index is 5.52. The molecule has 2 aromatic carbocycles. The zero-order valence-electron chi connectivity index (χ0n) is 14.3. The summed E-state index contributed by atoms with van der Waals surface area (Å²) in [6.45, 7) is 7.76. The molecule has 0 N–H and O–H groups in total. The molecule has 4 heteroatoms. The first-order valence-electron chi connectivity index (χ1n) is 8.30. The van der Waals surface area contributed by atoms with E-state index >= 15 is 0 Å². The van der Waals surface area contributed by atoms with Crippen molar-refractivity contribution >= 4 is 23.3 Å². The summed E-state index contributed by atoms with van der Waals surface area (Å²) in [6.07, 6.45) is 4.10. The Morgan fingerprint density at radius 1 is 1.08 bits per heavy atom. The van der Waals surface area contributed by atoms with E-state index in [4.69, 9.17) is 4.74 Å². The van der Waals surface area contributed by atoms with Crippen LogP contribution in [0.2, 0.25) is 0 Å². The minimum absolute atomic E-state index is 0.687. The number of anilines is 2. The Morgan fingerprint density at radius 2 is 1.83 bits per heavy atom. The van der Waals surface area contributed by atoms with Crippen LogP contribution >= 0.6 is 0 Å². The molecule has 4 rings (SSSR count). The molecule has 2 aromatic rings. The van der Waals surface area contributed by atoms with E-state index < -0.39 is 0 Å². The molecule has 2 heterocycles. The summed E-state index contributed by atoms with van der Waals surface area (Å²) < 4.78 is 5.52. The summed E-state index contributed by atoms with van der Waals surface area (Å²) in [5.74, 6) is 0.906. The minimum Gasteiger partial charge on any atom is -0.494 e. The fourth-order valence-electron chi connectivity index (χ4n) is 3.12. The number of hydrogen-bond acceptors (Lipinski definition) is 4. The highest BCUT2D eigenvalue weighted by molar-refractivity contribution is 5.95. The molecule has 2 aliphatic heterocycles. The van der Waals surface area contributed by atoms with E-state index in [0.29, 0.717) is 6.61 Å². The van der Waals surface area contributed by atoms with Gasteiger partial charge in [0.05, 0.1) is 36.6 Å².